The van der Waals surface area contributed by atoms with E-state index < -0.39 is 28.5 Å². The molecule has 3 aromatic carbocycles. The van der Waals surface area contributed by atoms with Gasteiger partial charge in [0.25, 0.3) is 10.0 Å². The van der Waals surface area contributed by atoms with Gasteiger partial charge in [-0.1, -0.05) is 83.7 Å². The zero-order valence-corrected chi connectivity index (χ0v) is 26.1. The average Bonchev–Trinajstić information content (AvgIpc) is 2.93. The minimum Gasteiger partial charge on any atom is -0.354 e. The van der Waals surface area contributed by atoms with E-state index in [0.717, 1.165) is 28.3 Å². The summed E-state index contributed by atoms with van der Waals surface area (Å²) in [5, 5.41) is 3.48. The van der Waals surface area contributed by atoms with Crippen LogP contribution in [0.25, 0.3) is 0 Å². The molecule has 1 N–H and O–H groups in total. The van der Waals surface area contributed by atoms with Crippen LogP contribution in [0.4, 0.5) is 5.69 Å². The quantitative estimate of drug-likeness (QED) is 0.220. The topological polar surface area (TPSA) is 86.8 Å². The lowest BCUT2D eigenvalue weighted by molar-refractivity contribution is -0.140. The summed E-state index contributed by atoms with van der Waals surface area (Å²) >= 11 is 9.48. The monoisotopic (exact) mass is 647 g/mol. The summed E-state index contributed by atoms with van der Waals surface area (Å²) in [5.41, 5.74) is 2.01. The lowest BCUT2D eigenvalue weighted by Crippen LogP contribution is -2.52. The Kier molecular flexibility index (Phi) is 11.6. The highest BCUT2D eigenvalue weighted by Gasteiger charge is 2.33. The third kappa shape index (κ3) is 8.32. The molecule has 0 spiro atoms. The van der Waals surface area contributed by atoms with Gasteiger partial charge in [-0.25, -0.2) is 8.42 Å². The molecule has 40 heavy (non-hydrogen) atoms. The summed E-state index contributed by atoms with van der Waals surface area (Å²) in [6.07, 6.45) is 2.10. The van der Waals surface area contributed by atoms with Crippen LogP contribution in [0.3, 0.4) is 0 Å². The fourth-order valence-corrected chi connectivity index (χ4v) is 6.13. The summed E-state index contributed by atoms with van der Waals surface area (Å²) in [6.45, 7) is 5.87. The number of amides is 2. The molecule has 7 nitrogen and oxygen atoms in total. The number of halogens is 2. The number of unbranched alkanes of at least 4 members (excludes halogenated alkanes) is 1. The van der Waals surface area contributed by atoms with Crippen LogP contribution in [-0.4, -0.2) is 44.3 Å². The lowest BCUT2D eigenvalue weighted by Gasteiger charge is -2.33. The Morgan fingerprint density at radius 1 is 1.00 bits per heavy atom. The van der Waals surface area contributed by atoms with E-state index in [1.165, 1.54) is 17.0 Å². The Hall–Kier alpha value is -2.88. The van der Waals surface area contributed by atoms with Gasteiger partial charge in [0.1, 0.15) is 12.6 Å². The average molecular weight is 649 g/mol. The van der Waals surface area contributed by atoms with Gasteiger partial charge in [0, 0.05) is 22.6 Å². The van der Waals surface area contributed by atoms with Crippen molar-refractivity contribution in [1.29, 1.82) is 0 Å². The van der Waals surface area contributed by atoms with Crippen molar-refractivity contribution >= 4 is 55.1 Å². The molecule has 0 saturated heterocycles. The molecule has 0 bridgehead atoms. The first-order valence-electron chi connectivity index (χ1n) is 13.2. The molecule has 214 valence electrons. The van der Waals surface area contributed by atoms with E-state index in [2.05, 4.69) is 21.2 Å². The van der Waals surface area contributed by atoms with E-state index in [0.29, 0.717) is 28.1 Å². The van der Waals surface area contributed by atoms with Crippen LogP contribution in [-0.2, 0) is 26.2 Å². The minimum absolute atomic E-state index is 0.0690. The zero-order chi connectivity index (χ0) is 29.3. The number of sulfonamides is 1. The van der Waals surface area contributed by atoms with Crippen molar-refractivity contribution in [3.05, 3.63) is 93.4 Å². The summed E-state index contributed by atoms with van der Waals surface area (Å²) in [4.78, 5) is 28.8. The van der Waals surface area contributed by atoms with Crippen molar-refractivity contribution in [2.45, 2.75) is 57.5 Å². The van der Waals surface area contributed by atoms with E-state index in [1.807, 2.05) is 20.8 Å². The molecule has 0 saturated carbocycles. The smallest absolute Gasteiger partial charge is 0.264 e. The highest BCUT2D eigenvalue weighted by Crippen LogP contribution is 2.27. The van der Waals surface area contributed by atoms with Gasteiger partial charge in [0.15, 0.2) is 0 Å². The predicted molar refractivity (Wildman–Crippen MR) is 164 cm³/mol. The molecule has 1 atom stereocenters. The first-order valence-corrected chi connectivity index (χ1v) is 15.8. The van der Waals surface area contributed by atoms with Crippen LogP contribution in [0.1, 0.15) is 44.2 Å². The van der Waals surface area contributed by atoms with E-state index in [-0.39, 0.29) is 17.3 Å². The Balaban J connectivity index is 2.03. The van der Waals surface area contributed by atoms with Gasteiger partial charge < -0.3 is 10.2 Å². The van der Waals surface area contributed by atoms with Crippen LogP contribution < -0.4 is 9.62 Å². The number of nitrogens with one attached hydrogen (secondary N) is 1. The van der Waals surface area contributed by atoms with Crippen molar-refractivity contribution in [2.75, 3.05) is 17.4 Å². The Morgan fingerprint density at radius 2 is 1.68 bits per heavy atom. The molecule has 1 unspecified atom stereocenters. The molecule has 0 heterocycles. The van der Waals surface area contributed by atoms with Crippen molar-refractivity contribution < 1.29 is 18.0 Å². The molecule has 3 aromatic rings. The summed E-state index contributed by atoms with van der Waals surface area (Å²) in [7, 11) is -4.12. The minimum atomic E-state index is -4.12. The second kappa shape index (κ2) is 14.7. The highest BCUT2D eigenvalue weighted by molar-refractivity contribution is 9.10. The van der Waals surface area contributed by atoms with Crippen molar-refractivity contribution in [1.82, 2.24) is 10.2 Å². The van der Waals surface area contributed by atoms with E-state index >= 15 is 0 Å². The van der Waals surface area contributed by atoms with Gasteiger partial charge in [-0.05, 0) is 67.8 Å². The van der Waals surface area contributed by atoms with Gasteiger partial charge >= 0.3 is 0 Å². The maximum absolute atomic E-state index is 14.1. The van der Waals surface area contributed by atoms with Crippen LogP contribution in [0.2, 0.25) is 5.02 Å². The van der Waals surface area contributed by atoms with Gasteiger partial charge in [0.2, 0.25) is 11.8 Å². The number of anilines is 1. The number of benzene rings is 3. The maximum atomic E-state index is 14.1. The Bertz CT molecular complexity index is 1400. The fraction of sp³-hybridized carbons (Fsp3) is 0.333. The SMILES string of the molecule is CCCCNC(=O)C(CC)N(Cc1ccc(Cl)cc1)C(=O)CN(c1cccc(Br)c1)S(=O)(=O)c1ccc(C)cc1. The summed E-state index contributed by atoms with van der Waals surface area (Å²) < 4.78 is 29.6. The van der Waals surface area contributed by atoms with Crippen molar-refractivity contribution in [3.8, 4) is 0 Å². The first kappa shape index (κ1) is 31.6. The lowest BCUT2D eigenvalue weighted by atomic mass is 10.1. The number of carbonyl (C=O) groups is 2. The molecule has 0 aliphatic rings. The predicted octanol–water partition coefficient (Wildman–Crippen LogP) is 6.33. The van der Waals surface area contributed by atoms with Crippen molar-refractivity contribution in [3.63, 3.8) is 0 Å². The third-order valence-electron chi connectivity index (χ3n) is 6.47. The second-order valence-electron chi connectivity index (χ2n) is 9.52. The van der Waals surface area contributed by atoms with Gasteiger partial charge in [-0.3, -0.25) is 13.9 Å². The fourth-order valence-electron chi connectivity index (χ4n) is 4.21. The number of rotatable bonds is 13. The molecule has 0 aliphatic heterocycles. The summed E-state index contributed by atoms with van der Waals surface area (Å²) in [5.74, 6) is -0.767. The van der Waals surface area contributed by atoms with Crippen LogP contribution in [0.5, 0.6) is 0 Å². The second-order valence-corrected chi connectivity index (χ2v) is 12.7. The van der Waals surface area contributed by atoms with Crippen LogP contribution in [0.15, 0.2) is 82.2 Å². The largest absolute Gasteiger partial charge is 0.354 e. The van der Waals surface area contributed by atoms with E-state index in [4.69, 9.17) is 11.6 Å². The molecule has 0 aromatic heterocycles. The molecule has 0 aliphatic carbocycles. The number of aryl methyl sites for hydroxylation is 1. The molecule has 2 amide bonds. The first-order chi connectivity index (χ1) is 19.1. The molecule has 3 rings (SSSR count). The molecule has 0 fully saturated rings. The maximum Gasteiger partial charge on any atom is 0.264 e. The zero-order valence-electron chi connectivity index (χ0n) is 22.9. The van der Waals surface area contributed by atoms with Gasteiger partial charge in [0.05, 0.1) is 10.6 Å². The standard InChI is InChI=1S/C30H35BrClN3O4S/c1-4-6-18-33-30(37)28(5-2)34(20-23-12-14-25(32)15-13-23)29(36)21-35(26-9-7-8-24(31)19-26)40(38,39)27-16-10-22(3)11-17-27/h7-17,19,28H,4-6,18,20-21H2,1-3H3,(H,33,37). The number of hydrogen-bond acceptors (Lipinski definition) is 4. The van der Waals surface area contributed by atoms with Crippen molar-refractivity contribution in [2.24, 2.45) is 0 Å². The number of carbonyl (C=O) groups excluding carboxylic acids is 2. The molecular formula is C30H35BrClN3O4S. The van der Waals surface area contributed by atoms with E-state index in [9.17, 15) is 18.0 Å². The third-order valence-corrected chi connectivity index (χ3v) is 9.00. The number of nitrogens with zero attached hydrogens (tertiary/aromatic N) is 2. The molecule has 0 radical (unpaired) electrons. The normalized spacial score (nSPS) is 12.0. The molecular weight excluding hydrogens is 614 g/mol. The highest BCUT2D eigenvalue weighted by atomic mass is 79.9. The van der Waals surface area contributed by atoms with Crippen LogP contribution in [0, 0.1) is 6.92 Å². The molecule has 10 heteroatoms. The Morgan fingerprint density at radius 3 is 2.27 bits per heavy atom. The van der Waals surface area contributed by atoms with Gasteiger partial charge in [-0.15, -0.1) is 0 Å². The van der Waals surface area contributed by atoms with E-state index in [1.54, 1.807) is 60.7 Å². The number of hydrogen-bond donors (Lipinski definition) is 1. The Labute approximate surface area is 250 Å². The van der Waals surface area contributed by atoms with Gasteiger partial charge in [-0.2, -0.15) is 0 Å². The summed E-state index contributed by atoms with van der Waals surface area (Å²) in [6, 6.07) is 19.5. The van der Waals surface area contributed by atoms with Crippen LogP contribution >= 0.6 is 27.5 Å².